The molecule has 0 saturated heterocycles. The van der Waals surface area contributed by atoms with Crippen LogP contribution < -0.4 is 4.72 Å². The van der Waals surface area contributed by atoms with Crippen molar-refractivity contribution in [3.8, 4) is 0 Å². The summed E-state index contributed by atoms with van der Waals surface area (Å²) in [6, 6.07) is 4.86. The van der Waals surface area contributed by atoms with Gasteiger partial charge in [0.2, 0.25) is 10.0 Å². The van der Waals surface area contributed by atoms with E-state index in [4.69, 9.17) is 5.11 Å². The molecule has 3 N–H and O–H groups in total. The quantitative estimate of drug-likeness (QED) is 0.652. The van der Waals surface area contributed by atoms with Crippen LogP contribution in [0.3, 0.4) is 0 Å². The molecule has 0 heterocycles. The van der Waals surface area contributed by atoms with Gasteiger partial charge in [-0.1, -0.05) is 0 Å². The van der Waals surface area contributed by atoms with Crippen LogP contribution >= 0.6 is 0 Å². The standard InChI is InChI=1S/C13H20N2O5S/c1-13(18,9-15(2)3)8-14-21(19,20)11-6-4-10(5-7-11)12(16)17/h4-7,14,18H,8-9H2,1-3H3,(H,16,17). The highest BCUT2D eigenvalue weighted by atomic mass is 32.2. The maximum absolute atomic E-state index is 12.1. The molecule has 1 atom stereocenters. The number of hydrogen-bond acceptors (Lipinski definition) is 5. The lowest BCUT2D eigenvalue weighted by Gasteiger charge is -2.27. The van der Waals surface area contributed by atoms with E-state index in [1.54, 1.807) is 19.0 Å². The summed E-state index contributed by atoms with van der Waals surface area (Å²) in [4.78, 5) is 12.4. The highest BCUT2D eigenvalue weighted by molar-refractivity contribution is 7.89. The van der Waals surface area contributed by atoms with Crippen molar-refractivity contribution >= 4 is 16.0 Å². The molecule has 7 nitrogen and oxygen atoms in total. The second kappa shape index (κ2) is 6.52. The third-order valence-electron chi connectivity index (χ3n) is 2.71. The third kappa shape index (κ3) is 5.43. The molecule has 8 heteroatoms. The number of aromatic carboxylic acids is 1. The monoisotopic (exact) mass is 316 g/mol. The molecule has 0 aliphatic carbocycles. The van der Waals surface area contributed by atoms with Gasteiger partial charge in [0.15, 0.2) is 0 Å². The Morgan fingerprint density at radius 1 is 1.29 bits per heavy atom. The van der Waals surface area contributed by atoms with Crippen LogP contribution in [0.5, 0.6) is 0 Å². The Kier molecular flexibility index (Phi) is 5.46. The topological polar surface area (TPSA) is 107 Å². The van der Waals surface area contributed by atoms with Crippen LogP contribution in [0.1, 0.15) is 17.3 Å². The van der Waals surface area contributed by atoms with Crippen LogP contribution in [-0.4, -0.2) is 62.3 Å². The Morgan fingerprint density at radius 2 is 1.81 bits per heavy atom. The summed E-state index contributed by atoms with van der Waals surface area (Å²) in [6.45, 7) is 1.69. The first-order valence-corrected chi connectivity index (χ1v) is 7.72. The predicted octanol–water partition coefficient (Wildman–Crippen LogP) is -0.0243. The molecule has 0 aromatic heterocycles. The minimum Gasteiger partial charge on any atom is -0.478 e. The fourth-order valence-electron chi connectivity index (χ4n) is 1.85. The summed E-state index contributed by atoms with van der Waals surface area (Å²) in [6.07, 6.45) is 0. The van der Waals surface area contributed by atoms with Crippen molar-refractivity contribution in [2.75, 3.05) is 27.2 Å². The van der Waals surface area contributed by atoms with E-state index in [1.807, 2.05) is 0 Å². The zero-order valence-corrected chi connectivity index (χ0v) is 13.0. The summed E-state index contributed by atoms with van der Waals surface area (Å²) < 4.78 is 26.4. The molecule has 1 aromatic carbocycles. The largest absolute Gasteiger partial charge is 0.478 e. The van der Waals surface area contributed by atoms with E-state index in [-0.39, 0.29) is 17.0 Å². The van der Waals surface area contributed by atoms with Crippen LogP contribution in [0, 0.1) is 0 Å². The van der Waals surface area contributed by atoms with Gasteiger partial charge in [-0.15, -0.1) is 0 Å². The molecule has 0 radical (unpaired) electrons. The van der Waals surface area contributed by atoms with Gasteiger partial charge in [0, 0.05) is 13.1 Å². The summed E-state index contributed by atoms with van der Waals surface area (Å²) in [5.74, 6) is -1.12. The SMILES string of the molecule is CN(C)CC(C)(O)CNS(=O)(=O)c1ccc(C(=O)O)cc1. The molecule has 0 amide bonds. The van der Waals surface area contributed by atoms with Crippen LogP contribution in [0.15, 0.2) is 29.2 Å². The van der Waals surface area contributed by atoms with Crippen molar-refractivity contribution in [3.63, 3.8) is 0 Å². The second-order valence-electron chi connectivity index (χ2n) is 5.39. The van der Waals surface area contributed by atoms with E-state index >= 15 is 0 Å². The fraction of sp³-hybridized carbons (Fsp3) is 0.462. The first-order chi connectivity index (χ1) is 9.53. The first-order valence-electron chi connectivity index (χ1n) is 6.24. The Hall–Kier alpha value is -1.48. The number of rotatable bonds is 7. The number of carbonyl (C=O) groups is 1. The minimum absolute atomic E-state index is 0.00792. The number of nitrogens with zero attached hydrogens (tertiary/aromatic N) is 1. The molecule has 21 heavy (non-hydrogen) atoms. The molecule has 118 valence electrons. The smallest absolute Gasteiger partial charge is 0.335 e. The summed E-state index contributed by atoms with van der Waals surface area (Å²) >= 11 is 0. The van der Waals surface area contributed by atoms with Gasteiger partial charge in [0.25, 0.3) is 0 Å². The molecular weight excluding hydrogens is 296 g/mol. The Morgan fingerprint density at radius 3 is 2.24 bits per heavy atom. The first kappa shape index (κ1) is 17.6. The van der Waals surface area contributed by atoms with Crippen LogP contribution in [0.2, 0.25) is 0 Å². The lowest BCUT2D eigenvalue weighted by atomic mass is 10.1. The maximum atomic E-state index is 12.1. The van der Waals surface area contributed by atoms with Crippen molar-refractivity contribution in [1.29, 1.82) is 0 Å². The molecule has 0 bridgehead atoms. The Bertz CT molecular complexity index is 593. The highest BCUT2D eigenvalue weighted by Gasteiger charge is 2.25. The molecule has 0 aliphatic rings. The van der Waals surface area contributed by atoms with Gasteiger partial charge in [-0.3, -0.25) is 0 Å². The molecule has 0 spiro atoms. The van der Waals surface area contributed by atoms with E-state index in [0.717, 1.165) is 0 Å². The number of nitrogens with one attached hydrogen (secondary N) is 1. The molecule has 1 rings (SSSR count). The molecule has 0 aliphatic heterocycles. The summed E-state index contributed by atoms with van der Waals surface area (Å²) in [5.41, 5.74) is -1.20. The average Bonchev–Trinajstić information content (AvgIpc) is 2.35. The number of carboxylic acid groups (broad SMARTS) is 1. The molecular formula is C13H20N2O5S. The van der Waals surface area contributed by atoms with Gasteiger partial charge in [-0.25, -0.2) is 17.9 Å². The van der Waals surface area contributed by atoms with Crippen LogP contribution in [0.25, 0.3) is 0 Å². The van der Waals surface area contributed by atoms with Gasteiger partial charge in [0.05, 0.1) is 16.1 Å². The number of aliphatic hydroxyl groups is 1. The Labute approximate surface area is 124 Å². The predicted molar refractivity (Wildman–Crippen MR) is 77.8 cm³/mol. The lowest BCUT2D eigenvalue weighted by molar-refractivity contribution is 0.0386. The van der Waals surface area contributed by atoms with Crippen molar-refractivity contribution in [2.45, 2.75) is 17.4 Å². The number of hydrogen-bond donors (Lipinski definition) is 3. The molecule has 0 fully saturated rings. The van der Waals surface area contributed by atoms with E-state index < -0.39 is 21.6 Å². The molecule has 1 unspecified atom stereocenters. The van der Waals surface area contributed by atoms with Gasteiger partial charge >= 0.3 is 5.97 Å². The summed E-state index contributed by atoms with van der Waals surface area (Å²) in [5, 5.41) is 18.8. The highest BCUT2D eigenvalue weighted by Crippen LogP contribution is 2.12. The fourth-order valence-corrected chi connectivity index (χ4v) is 3.01. The maximum Gasteiger partial charge on any atom is 0.335 e. The van der Waals surface area contributed by atoms with Crippen molar-refractivity contribution < 1.29 is 23.4 Å². The van der Waals surface area contributed by atoms with E-state index in [2.05, 4.69) is 4.72 Å². The van der Waals surface area contributed by atoms with Crippen molar-refractivity contribution in [3.05, 3.63) is 29.8 Å². The van der Waals surface area contributed by atoms with Gasteiger partial charge in [-0.05, 0) is 45.3 Å². The van der Waals surface area contributed by atoms with Crippen molar-refractivity contribution in [2.24, 2.45) is 0 Å². The number of sulfonamides is 1. The molecule has 1 aromatic rings. The summed E-state index contributed by atoms with van der Waals surface area (Å²) in [7, 11) is -0.250. The van der Waals surface area contributed by atoms with Gasteiger partial charge < -0.3 is 15.1 Å². The molecule has 0 saturated carbocycles. The zero-order valence-electron chi connectivity index (χ0n) is 12.2. The lowest BCUT2D eigenvalue weighted by Crippen LogP contribution is -2.47. The van der Waals surface area contributed by atoms with E-state index in [0.29, 0.717) is 6.54 Å². The zero-order chi connectivity index (χ0) is 16.3. The van der Waals surface area contributed by atoms with E-state index in [9.17, 15) is 18.3 Å². The third-order valence-corrected chi connectivity index (χ3v) is 4.13. The average molecular weight is 316 g/mol. The second-order valence-corrected chi connectivity index (χ2v) is 7.16. The van der Waals surface area contributed by atoms with Crippen molar-refractivity contribution in [1.82, 2.24) is 9.62 Å². The Balaban J connectivity index is 2.80. The van der Waals surface area contributed by atoms with Gasteiger partial charge in [0.1, 0.15) is 0 Å². The van der Waals surface area contributed by atoms with Crippen LogP contribution in [-0.2, 0) is 10.0 Å². The van der Waals surface area contributed by atoms with Gasteiger partial charge in [-0.2, -0.15) is 0 Å². The number of carboxylic acids is 1. The van der Waals surface area contributed by atoms with E-state index in [1.165, 1.54) is 31.2 Å². The number of benzene rings is 1. The van der Waals surface area contributed by atoms with Crippen LogP contribution in [0.4, 0.5) is 0 Å². The minimum atomic E-state index is -3.79. The normalized spacial score (nSPS) is 14.9. The number of likely N-dealkylation sites (N-methyl/N-ethyl adjacent to an activating group) is 1.